The van der Waals surface area contributed by atoms with Gasteiger partial charge >= 0.3 is 0 Å². The van der Waals surface area contributed by atoms with Crippen LogP contribution in [-0.4, -0.2) is 42.7 Å². The minimum Gasteiger partial charge on any atom is -0.349 e. The molecule has 1 aromatic carbocycles. The second-order valence-electron chi connectivity index (χ2n) is 5.82. The van der Waals surface area contributed by atoms with Gasteiger partial charge in [0.1, 0.15) is 0 Å². The highest BCUT2D eigenvalue weighted by molar-refractivity contribution is 7.99. The molecule has 1 rings (SSSR count). The number of hydrogen-bond donors (Lipinski definition) is 1. The van der Waals surface area contributed by atoms with Crippen molar-refractivity contribution in [1.29, 1.82) is 0 Å². The highest BCUT2D eigenvalue weighted by Crippen LogP contribution is 2.20. The first-order chi connectivity index (χ1) is 9.99. The third kappa shape index (κ3) is 8.12. The van der Waals surface area contributed by atoms with Crippen LogP contribution in [0.3, 0.4) is 0 Å². The first kappa shape index (κ1) is 18.1. The molecule has 1 N–H and O–H groups in total. The molecule has 0 fully saturated rings. The molecule has 4 heteroatoms. The zero-order chi connectivity index (χ0) is 15.7. The summed E-state index contributed by atoms with van der Waals surface area (Å²) in [4.78, 5) is 14.6. The fraction of sp³-hybridized carbons (Fsp3) is 0.588. The van der Waals surface area contributed by atoms with Gasteiger partial charge in [-0.05, 0) is 25.0 Å². The van der Waals surface area contributed by atoms with Crippen molar-refractivity contribution in [2.24, 2.45) is 0 Å². The summed E-state index contributed by atoms with van der Waals surface area (Å²) in [5.74, 6) is 1.26. The first-order valence-corrected chi connectivity index (χ1v) is 8.61. The average Bonchev–Trinajstić information content (AvgIpc) is 2.44. The van der Waals surface area contributed by atoms with Crippen LogP contribution >= 0.6 is 11.8 Å². The summed E-state index contributed by atoms with van der Waals surface area (Å²) in [6.07, 6.45) is 2.62. The topological polar surface area (TPSA) is 32.3 Å². The van der Waals surface area contributed by atoms with E-state index in [1.807, 2.05) is 31.9 Å². The number of carbonyl (C=O) groups is 1. The standard InChI is InChI=1S/C17H28N2OS/c1-14(2)18-15(9-8-12-17(20)19(3)4)13-21-16-10-6-5-7-11-16/h5-7,10-11,14-15,18H,8-9,12-13H2,1-4H3/t15-/m1/s1. The molecule has 0 radical (unpaired) electrons. The van der Waals surface area contributed by atoms with Crippen molar-refractivity contribution in [2.75, 3.05) is 19.8 Å². The van der Waals surface area contributed by atoms with Gasteiger partial charge in [0.2, 0.25) is 5.91 Å². The second-order valence-corrected chi connectivity index (χ2v) is 6.92. The summed E-state index contributed by atoms with van der Waals surface area (Å²) < 4.78 is 0. The largest absolute Gasteiger partial charge is 0.349 e. The van der Waals surface area contributed by atoms with Crippen LogP contribution in [0.1, 0.15) is 33.1 Å². The molecule has 1 aromatic rings. The van der Waals surface area contributed by atoms with Gasteiger partial charge in [0, 0.05) is 43.2 Å². The minimum absolute atomic E-state index is 0.217. The molecule has 0 heterocycles. The van der Waals surface area contributed by atoms with Crippen LogP contribution in [0.2, 0.25) is 0 Å². The molecule has 1 amide bonds. The van der Waals surface area contributed by atoms with Crippen molar-refractivity contribution < 1.29 is 4.79 Å². The van der Waals surface area contributed by atoms with Crippen LogP contribution in [0.15, 0.2) is 35.2 Å². The van der Waals surface area contributed by atoms with Crippen molar-refractivity contribution in [1.82, 2.24) is 10.2 Å². The Morgan fingerprint density at radius 3 is 2.48 bits per heavy atom. The lowest BCUT2D eigenvalue weighted by atomic mass is 10.1. The molecule has 3 nitrogen and oxygen atoms in total. The van der Waals surface area contributed by atoms with Gasteiger partial charge in [-0.15, -0.1) is 11.8 Å². The maximum absolute atomic E-state index is 11.6. The Kier molecular flexibility index (Phi) is 8.47. The predicted molar refractivity (Wildman–Crippen MR) is 91.8 cm³/mol. The van der Waals surface area contributed by atoms with Crippen molar-refractivity contribution >= 4 is 17.7 Å². The van der Waals surface area contributed by atoms with E-state index >= 15 is 0 Å². The van der Waals surface area contributed by atoms with Crippen LogP contribution in [0.25, 0.3) is 0 Å². The summed E-state index contributed by atoms with van der Waals surface area (Å²) in [5, 5.41) is 3.61. The number of thioether (sulfide) groups is 1. The number of benzene rings is 1. The highest BCUT2D eigenvalue weighted by atomic mass is 32.2. The fourth-order valence-corrected chi connectivity index (χ4v) is 3.13. The van der Waals surface area contributed by atoms with Gasteiger partial charge in [0.05, 0.1) is 0 Å². The number of nitrogens with zero attached hydrogens (tertiary/aromatic N) is 1. The normalized spacial score (nSPS) is 12.4. The number of rotatable bonds is 9. The quantitative estimate of drug-likeness (QED) is 0.710. The molecule has 0 saturated heterocycles. The lowest BCUT2D eigenvalue weighted by Crippen LogP contribution is -2.36. The van der Waals surface area contributed by atoms with E-state index in [2.05, 4.69) is 43.4 Å². The van der Waals surface area contributed by atoms with Gasteiger partial charge in [-0.1, -0.05) is 32.0 Å². The van der Waals surface area contributed by atoms with E-state index < -0.39 is 0 Å². The van der Waals surface area contributed by atoms with E-state index in [-0.39, 0.29) is 5.91 Å². The van der Waals surface area contributed by atoms with E-state index in [9.17, 15) is 4.79 Å². The van der Waals surface area contributed by atoms with E-state index in [0.29, 0.717) is 18.5 Å². The SMILES string of the molecule is CC(C)N[C@H](CCCC(=O)N(C)C)CSc1ccccc1. The van der Waals surface area contributed by atoms with Gasteiger partial charge in [0.15, 0.2) is 0 Å². The lowest BCUT2D eigenvalue weighted by Gasteiger charge is -2.21. The molecule has 0 bridgehead atoms. The van der Waals surface area contributed by atoms with Crippen LogP contribution in [-0.2, 0) is 4.79 Å². The molecule has 0 spiro atoms. The van der Waals surface area contributed by atoms with E-state index in [1.165, 1.54) is 4.90 Å². The molecule has 21 heavy (non-hydrogen) atoms. The molecular weight excluding hydrogens is 280 g/mol. The molecule has 0 unspecified atom stereocenters. The number of hydrogen-bond acceptors (Lipinski definition) is 3. The summed E-state index contributed by atoms with van der Waals surface area (Å²) in [7, 11) is 3.63. The molecule has 1 atom stereocenters. The van der Waals surface area contributed by atoms with E-state index in [0.717, 1.165) is 18.6 Å². The second kappa shape index (κ2) is 9.85. The van der Waals surface area contributed by atoms with Crippen molar-refractivity contribution in [3.63, 3.8) is 0 Å². The molecule has 0 aromatic heterocycles. The third-order valence-electron chi connectivity index (χ3n) is 3.21. The molecular formula is C17H28N2OS. The molecule has 0 aliphatic rings. The van der Waals surface area contributed by atoms with E-state index in [4.69, 9.17) is 0 Å². The van der Waals surface area contributed by atoms with Gasteiger partial charge in [-0.3, -0.25) is 4.79 Å². The van der Waals surface area contributed by atoms with E-state index in [1.54, 1.807) is 4.90 Å². The third-order valence-corrected chi connectivity index (χ3v) is 4.38. The number of amides is 1. The lowest BCUT2D eigenvalue weighted by molar-refractivity contribution is -0.128. The van der Waals surface area contributed by atoms with Crippen molar-refractivity contribution in [3.05, 3.63) is 30.3 Å². The smallest absolute Gasteiger partial charge is 0.222 e. The Labute approximate surface area is 133 Å². The molecule has 0 aliphatic carbocycles. The summed E-state index contributed by atoms with van der Waals surface area (Å²) in [6.45, 7) is 4.34. The minimum atomic E-state index is 0.217. The Hall–Kier alpha value is -1.00. The Morgan fingerprint density at radius 2 is 1.90 bits per heavy atom. The van der Waals surface area contributed by atoms with Crippen LogP contribution in [0.4, 0.5) is 0 Å². The molecule has 118 valence electrons. The molecule has 0 aliphatic heterocycles. The molecule has 0 saturated carbocycles. The van der Waals surface area contributed by atoms with Crippen LogP contribution in [0.5, 0.6) is 0 Å². The number of carbonyl (C=O) groups excluding carboxylic acids is 1. The number of nitrogens with one attached hydrogen (secondary N) is 1. The van der Waals surface area contributed by atoms with Crippen molar-refractivity contribution in [3.8, 4) is 0 Å². The highest BCUT2D eigenvalue weighted by Gasteiger charge is 2.12. The Bertz CT molecular complexity index is 407. The van der Waals surface area contributed by atoms with Gasteiger partial charge in [-0.2, -0.15) is 0 Å². The van der Waals surface area contributed by atoms with Crippen LogP contribution in [0, 0.1) is 0 Å². The zero-order valence-corrected chi connectivity index (χ0v) is 14.5. The average molecular weight is 308 g/mol. The predicted octanol–water partition coefficient (Wildman–Crippen LogP) is 3.40. The maximum atomic E-state index is 11.6. The Morgan fingerprint density at radius 1 is 1.24 bits per heavy atom. The van der Waals surface area contributed by atoms with Crippen molar-refractivity contribution in [2.45, 2.75) is 50.1 Å². The fourth-order valence-electron chi connectivity index (χ4n) is 2.12. The van der Waals surface area contributed by atoms with Crippen LogP contribution < -0.4 is 5.32 Å². The van der Waals surface area contributed by atoms with Gasteiger partial charge in [-0.25, -0.2) is 0 Å². The zero-order valence-electron chi connectivity index (χ0n) is 13.6. The summed E-state index contributed by atoms with van der Waals surface area (Å²) in [6, 6.07) is 11.4. The van der Waals surface area contributed by atoms with Gasteiger partial charge < -0.3 is 10.2 Å². The summed E-state index contributed by atoms with van der Waals surface area (Å²) in [5.41, 5.74) is 0. The summed E-state index contributed by atoms with van der Waals surface area (Å²) >= 11 is 1.88. The Balaban J connectivity index is 2.38. The van der Waals surface area contributed by atoms with Gasteiger partial charge in [0.25, 0.3) is 0 Å². The maximum Gasteiger partial charge on any atom is 0.222 e. The monoisotopic (exact) mass is 308 g/mol. The first-order valence-electron chi connectivity index (χ1n) is 7.63.